The predicted octanol–water partition coefficient (Wildman–Crippen LogP) is -0.110. The van der Waals surface area contributed by atoms with Crippen molar-refractivity contribution >= 4 is 5.97 Å². The molecule has 0 spiro atoms. The second-order valence-electron chi connectivity index (χ2n) is 2.71. The van der Waals surface area contributed by atoms with Crippen LogP contribution in [-0.2, 0) is 4.79 Å². The van der Waals surface area contributed by atoms with Crippen LogP contribution in [0.15, 0.2) is 0 Å². The zero-order chi connectivity index (χ0) is 9.56. The van der Waals surface area contributed by atoms with E-state index in [0.717, 1.165) is 17.9 Å². The summed E-state index contributed by atoms with van der Waals surface area (Å²) in [5, 5.41) is 18.2. The number of carbonyl (C=O) groups is 1. The van der Waals surface area contributed by atoms with Gasteiger partial charge in [0.25, 0.3) is 0 Å². The third-order valence-electron chi connectivity index (χ3n) is 1.67. The lowest BCUT2D eigenvalue weighted by Gasteiger charge is -2.17. The Labute approximate surface area is 71.7 Å². The Morgan fingerprint density at radius 2 is 2.17 bits per heavy atom. The first-order valence-electron chi connectivity index (χ1n) is 3.94. The zero-order valence-electron chi connectivity index (χ0n) is 7.23. The highest BCUT2D eigenvalue weighted by Gasteiger charge is 2.20. The van der Waals surface area contributed by atoms with E-state index in [1.54, 1.807) is 0 Å². The van der Waals surface area contributed by atoms with E-state index in [2.05, 4.69) is 0 Å². The fourth-order valence-corrected chi connectivity index (χ4v) is 0.952. The number of hydroxylamine groups is 2. The van der Waals surface area contributed by atoms with Crippen LogP contribution < -0.4 is 5.73 Å². The molecule has 4 N–H and O–H groups in total. The lowest BCUT2D eigenvalue weighted by atomic mass is 10.1. The molecule has 0 rings (SSSR count). The number of aliphatic carboxylic acids is 1. The second kappa shape index (κ2) is 5.93. The molecule has 0 saturated heterocycles. The van der Waals surface area contributed by atoms with Gasteiger partial charge in [-0.25, -0.2) is 0 Å². The number of hydrogen-bond acceptors (Lipinski definition) is 4. The molecule has 0 aliphatic rings. The van der Waals surface area contributed by atoms with Gasteiger partial charge in [-0.1, -0.05) is 0 Å². The molecule has 0 saturated carbocycles. The van der Waals surface area contributed by atoms with E-state index in [4.69, 9.17) is 16.0 Å². The molecule has 0 aromatic carbocycles. The highest BCUT2D eigenvalue weighted by Crippen LogP contribution is 2.04. The van der Waals surface area contributed by atoms with Gasteiger partial charge in [0, 0.05) is 7.05 Å². The molecule has 12 heavy (non-hydrogen) atoms. The lowest BCUT2D eigenvalue weighted by molar-refractivity contribution is -0.163. The van der Waals surface area contributed by atoms with Crippen LogP contribution in [0.5, 0.6) is 0 Å². The number of rotatable bonds is 6. The maximum absolute atomic E-state index is 10.5. The van der Waals surface area contributed by atoms with Gasteiger partial charge in [0.05, 0.1) is 0 Å². The van der Waals surface area contributed by atoms with Crippen molar-refractivity contribution in [1.29, 1.82) is 0 Å². The standard InChI is InChI=1S/C7H16N2O3/c1-9(12)6(7(10)11)4-2-3-5-8/h6,12H,2-5,8H2,1H3,(H,10,11). The van der Waals surface area contributed by atoms with Crippen molar-refractivity contribution in [2.45, 2.75) is 25.3 Å². The number of nitrogens with zero attached hydrogens (tertiary/aromatic N) is 1. The molecule has 0 radical (unpaired) electrons. The maximum Gasteiger partial charge on any atom is 0.323 e. The van der Waals surface area contributed by atoms with Gasteiger partial charge in [0.2, 0.25) is 0 Å². The number of likely N-dealkylation sites (N-methyl/N-ethyl adjacent to an activating group) is 1. The molecule has 5 nitrogen and oxygen atoms in total. The van der Waals surface area contributed by atoms with Crippen LogP contribution in [0.2, 0.25) is 0 Å². The Morgan fingerprint density at radius 1 is 1.58 bits per heavy atom. The Bertz CT molecular complexity index is 139. The number of hydrogen-bond donors (Lipinski definition) is 3. The molecule has 0 aliphatic heterocycles. The van der Waals surface area contributed by atoms with Gasteiger partial charge in [-0.15, -0.1) is 0 Å². The lowest BCUT2D eigenvalue weighted by Crippen LogP contribution is -2.36. The quantitative estimate of drug-likeness (QED) is 0.388. The van der Waals surface area contributed by atoms with Gasteiger partial charge in [-0.3, -0.25) is 4.79 Å². The van der Waals surface area contributed by atoms with Gasteiger partial charge < -0.3 is 16.0 Å². The molecule has 0 bridgehead atoms. The second-order valence-corrected chi connectivity index (χ2v) is 2.71. The van der Waals surface area contributed by atoms with Gasteiger partial charge in [0.15, 0.2) is 0 Å². The number of carboxylic acids is 1. The summed E-state index contributed by atoms with van der Waals surface area (Å²) in [5.74, 6) is -1.00. The van der Waals surface area contributed by atoms with Crippen molar-refractivity contribution in [1.82, 2.24) is 5.06 Å². The van der Waals surface area contributed by atoms with E-state index in [-0.39, 0.29) is 0 Å². The van der Waals surface area contributed by atoms with Crippen molar-refractivity contribution in [2.24, 2.45) is 5.73 Å². The Balaban J connectivity index is 3.72. The highest BCUT2D eigenvalue weighted by molar-refractivity contribution is 5.73. The third-order valence-corrected chi connectivity index (χ3v) is 1.67. The molecule has 0 aromatic rings. The summed E-state index contributed by atoms with van der Waals surface area (Å²) < 4.78 is 0. The minimum absolute atomic E-state index is 0.430. The average Bonchev–Trinajstić information content (AvgIpc) is 1.96. The molecule has 0 heterocycles. The minimum atomic E-state index is -1.00. The molecule has 0 amide bonds. The maximum atomic E-state index is 10.5. The summed E-state index contributed by atoms with van der Waals surface area (Å²) in [5.41, 5.74) is 5.24. The molecule has 0 fully saturated rings. The van der Waals surface area contributed by atoms with Gasteiger partial charge in [0.1, 0.15) is 6.04 Å². The van der Waals surface area contributed by atoms with Crippen molar-refractivity contribution in [3.8, 4) is 0 Å². The molecule has 5 heteroatoms. The Hall–Kier alpha value is -0.650. The molecule has 0 aliphatic carbocycles. The molecule has 0 aromatic heterocycles. The van der Waals surface area contributed by atoms with E-state index >= 15 is 0 Å². The van der Waals surface area contributed by atoms with E-state index in [0.29, 0.717) is 13.0 Å². The fraction of sp³-hybridized carbons (Fsp3) is 0.857. The van der Waals surface area contributed by atoms with E-state index in [9.17, 15) is 4.79 Å². The van der Waals surface area contributed by atoms with Crippen LogP contribution in [0.25, 0.3) is 0 Å². The SMILES string of the molecule is CN(O)C(CCCCN)C(=O)O. The van der Waals surface area contributed by atoms with E-state index in [1.165, 1.54) is 7.05 Å². The number of unbranched alkanes of at least 4 members (excludes halogenated alkanes) is 1. The van der Waals surface area contributed by atoms with Crippen LogP contribution in [0.1, 0.15) is 19.3 Å². The van der Waals surface area contributed by atoms with Gasteiger partial charge >= 0.3 is 5.97 Å². The predicted molar refractivity (Wildman–Crippen MR) is 43.9 cm³/mol. The number of carboxylic acid groups (broad SMARTS) is 1. The summed E-state index contributed by atoms with van der Waals surface area (Å²) in [6.07, 6.45) is 1.94. The van der Waals surface area contributed by atoms with E-state index < -0.39 is 12.0 Å². The van der Waals surface area contributed by atoms with Crippen molar-refractivity contribution in [3.05, 3.63) is 0 Å². The van der Waals surface area contributed by atoms with Crippen LogP contribution in [0, 0.1) is 0 Å². The zero-order valence-corrected chi connectivity index (χ0v) is 7.23. The molecule has 72 valence electrons. The van der Waals surface area contributed by atoms with Crippen LogP contribution in [-0.4, -0.2) is 41.0 Å². The smallest absolute Gasteiger partial charge is 0.323 e. The van der Waals surface area contributed by atoms with Crippen LogP contribution >= 0.6 is 0 Å². The van der Waals surface area contributed by atoms with Crippen LogP contribution in [0.3, 0.4) is 0 Å². The summed E-state index contributed by atoms with van der Waals surface area (Å²) in [6.45, 7) is 0.557. The first-order chi connectivity index (χ1) is 5.59. The molecule has 1 unspecified atom stereocenters. The van der Waals surface area contributed by atoms with Crippen LogP contribution in [0.4, 0.5) is 0 Å². The van der Waals surface area contributed by atoms with Gasteiger partial charge in [-0.2, -0.15) is 5.06 Å². The topological polar surface area (TPSA) is 86.8 Å². The molecular formula is C7H16N2O3. The molecule has 1 atom stereocenters. The third kappa shape index (κ3) is 4.27. The first-order valence-corrected chi connectivity index (χ1v) is 3.94. The summed E-state index contributed by atoms with van der Waals surface area (Å²) in [7, 11) is 1.33. The number of nitrogens with two attached hydrogens (primary N) is 1. The summed E-state index contributed by atoms with van der Waals surface area (Å²) >= 11 is 0. The van der Waals surface area contributed by atoms with Crippen molar-refractivity contribution in [3.63, 3.8) is 0 Å². The normalized spacial score (nSPS) is 13.3. The summed E-state index contributed by atoms with van der Waals surface area (Å²) in [4.78, 5) is 10.5. The van der Waals surface area contributed by atoms with E-state index in [1.807, 2.05) is 0 Å². The van der Waals surface area contributed by atoms with Crippen molar-refractivity contribution in [2.75, 3.05) is 13.6 Å². The summed E-state index contributed by atoms with van der Waals surface area (Å²) in [6, 6.07) is -0.809. The minimum Gasteiger partial charge on any atom is -0.480 e. The van der Waals surface area contributed by atoms with Crippen molar-refractivity contribution < 1.29 is 15.1 Å². The molecular weight excluding hydrogens is 160 g/mol. The monoisotopic (exact) mass is 176 g/mol. The Morgan fingerprint density at radius 3 is 2.50 bits per heavy atom. The fourth-order valence-electron chi connectivity index (χ4n) is 0.952. The Kier molecular flexibility index (Phi) is 5.61. The largest absolute Gasteiger partial charge is 0.480 e. The average molecular weight is 176 g/mol. The first kappa shape index (κ1) is 11.4. The van der Waals surface area contributed by atoms with Gasteiger partial charge in [-0.05, 0) is 25.8 Å². The highest BCUT2D eigenvalue weighted by atomic mass is 16.5.